The van der Waals surface area contributed by atoms with Gasteiger partial charge in [0.1, 0.15) is 12.2 Å². The van der Waals surface area contributed by atoms with Crippen molar-refractivity contribution in [2.24, 2.45) is 0 Å². The minimum atomic E-state index is -0.255. The molecule has 4 aromatic rings. The summed E-state index contributed by atoms with van der Waals surface area (Å²) in [6.45, 7) is 4.04. The van der Waals surface area contributed by atoms with Crippen LogP contribution in [-0.4, -0.2) is 0 Å². The maximum Gasteiger partial charge on any atom is 0.235 e. The molecule has 0 saturated heterocycles. The molecule has 3 aromatic carbocycles. The standard InChI is InChI=1S/C24H17Cl3O3/c1-13-9-17-21(10-14(13)2)30-23(16-5-3-4-6-18(16)25)24(22(17)28)29-12-15-7-8-19(26)20(27)11-15/h3-11H,12H2,1-2H3. The van der Waals surface area contributed by atoms with Gasteiger partial charge in [0, 0.05) is 5.56 Å². The summed E-state index contributed by atoms with van der Waals surface area (Å²) in [6, 6.07) is 16.0. The third-order valence-electron chi connectivity index (χ3n) is 4.95. The SMILES string of the molecule is Cc1cc2oc(-c3ccccc3Cl)c(OCc3ccc(Cl)c(Cl)c3)c(=O)c2cc1C. The van der Waals surface area contributed by atoms with Crippen molar-refractivity contribution in [1.82, 2.24) is 0 Å². The highest BCUT2D eigenvalue weighted by Crippen LogP contribution is 2.36. The van der Waals surface area contributed by atoms with Gasteiger partial charge < -0.3 is 9.15 Å². The maximum atomic E-state index is 13.4. The van der Waals surface area contributed by atoms with Crippen LogP contribution in [0.2, 0.25) is 15.1 Å². The van der Waals surface area contributed by atoms with Crippen molar-refractivity contribution in [2.45, 2.75) is 20.5 Å². The summed E-state index contributed by atoms with van der Waals surface area (Å²) >= 11 is 18.5. The van der Waals surface area contributed by atoms with Gasteiger partial charge in [0.2, 0.25) is 11.2 Å². The Morgan fingerprint density at radius 1 is 0.867 bits per heavy atom. The quantitative estimate of drug-likeness (QED) is 0.315. The summed E-state index contributed by atoms with van der Waals surface area (Å²) in [5, 5.41) is 1.79. The molecule has 0 radical (unpaired) electrons. The smallest absolute Gasteiger partial charge is 0.235 e. The zero-order chi connectivity index (χ0) is 21.4. The Hall–Kier alpha value is -2.46. The summed E-state index contributed by atoms with van der Waals surface area (Å²) in [4.78, 5) is 13.4. The summed E-state index contributed by atoms with van der Waals surface area (Å²) in [7, 11) is 0. The van der Waals surface area contributed by atoms with E-state index in [9.17, 15) is 4.79 Å². The van der Waals surface area contributed by atoms with Gasteiger partial charge in [-0.3, -0.25) is 4.79 Å². The maximum absolute atomic E-state index is 13.4. The van der Waals surface area contributed by atoms with Crippen LogP contribution in [-0.2, 0) is 6.61 Å². The van der Waals surface area contributed by atoms with Gasteiger partial charge in [-0.15, -0.1) is 0 Å². The summed E-state index contributed by atoms with van der Waals surface area (Å²) < 4.78 is 12.1. The van der Waals surface area contributed by atoms with Crippen molar-refractivity contribution < 1.29 is 9.15 Å². The highest BCUT2D eigenvalue weighted by atomic mass is 35.5. The molecular weight excluding hydrogens is 443 g/mol. The van der Waals surface area contributed by atoms with E-state index in [1.807, 2.05) is 38.1 Å². The number of hydrogen-bond acceptors (Lipinski definition) is 3. The summed E-state index contributed by atoms with van der Waals surface area (Å²) in [5.74, 6) is 0.395. The molecule has 0 aliphatic rings. The fourth-order valence-electron chi connectivity index (χ4n) is 3.17. The number of rotatable bonds is 4. The lowest BCUT2D eigenvalue weighted by Crippen LogP contribution is -2.11. The molecule has 4 rings (SSSR count). The van der Waals surface area contributed by atoms with E-state index in [4.69, 9.17) is 44.0 Å². The van der Waals surface area contributed by atoms with Crippen LogP contribution >= 0.6 is 34.8 Å². The van der Waals surface area contributed by atoms with Crippen LogP contribution in [0.25, 0.3) is 22.3 Å². The minimum Gasteiger partial charge on any atom is -0.481 e. The molecule has 0 bridgehead atoms. The van der Waals surface area contributed by atoms with Crippen LogP contribution in [0, 0.1) is 13.8 Å². The second kappa shape index (κ2) is 8.35. The Labute approximate surface area is 188 Å². The molecule has 6 heteroatoms. The first kappa shape index (κ1) is 20.8. The predicted molar refractivity (Wildman–Crippen MR) is 123 cm³/mol. The third kappa shape index (κ3) is 3.93. The van der Waals surface area contributed by atoms with Gasteiger partial charge in [-0.25, -0.2) is 0 Å². The Morgan fingerprint density at radius 3 is 2.33 bits per heavy atom. The Morgan fingerprint density at radius 2 is 1.60 bits per heavy atom. The molecule has 0 unspecified atom stereocenters. The van der Waals surface area contributed by atoms with E-state index in [-0.39, 0.29) is 17.8 Å². The zero-order valence-corrected chi connectivity index (χ0v) is 18.5. The van der Waals surface area contributed by atoms with Crippen molar-refractivity contribution in [3.8, 4) is 17.1 Å². The molecule has 3 nitrogen and oxygen atoms in total. The second-order valence-electron chi connectivity index (χ2n) is 7.04. The van der Waals surface area contributed by atoms with Crippen LogP contribution in [0.1, 0.15) is 16.7 Å². The second-order valence-corrected chi connectivity index (χ2v) is 8.26. The predicted octanol–water partition coefficient (Wildman–Crippen LogP) is 7.62. The molecule has 152 valence electrons. The van der Waals surface area contributed by atoms with Gasteiger partial charge in [0.15, 0.2) is 5.76 Å². The third-order valence-corrected chi connectivity index (χ3v) is 6.02. The van der Waals surface area contributed by atoms with Gasteiger partial charge in [0.05, 0.1) is 20.5 Å². The van der Waals surface area contributed by atoms with Gasteiger partial charge >= 0.3 is 0 Å². The molecular formula is C24H17Cl3O3. The van der Waals surface area contributed by atoms with Crippen molar-refractivity contribution >= 4 is 45.8 Å². The van der Waals surface area contributed by atoms with Crippen LogP contribution in [0.15, 0.2) is 63.8 Å². The Bertz CT molecular complexity index is 1330. The molecule has 1 heterocycles. The molecule has 0 N–H and O–H groups in total. The first-order valence-electron chi connectivity index (χ1n) is 9.25. The van der Waals surface area contributed by atoms with E-state index in [2.05, 4.69) is 0 Å². The lowest BCUT2D eigenvalue weighted by molar-refractivity contribution is 0.298. The number of hydrogen-bond donors (Lipinski definition) is 0. The highest BCUT2D eigenvalue weighted by molar-refractivity contribution is 6.42. The van der Waals surface area contributed by atoms with Crippen molar-refractivity contribution in [3.63, 3.8) is 0 Å². The number of halogens is 3. The number of fused-ring (bicyclic) bond motifs is 1. The number of benzene rings is 3. The number of ether oxygens (including phenoxy) is 1. The summed E-state index contributed by atoms with van der Waals surface area (Å²) in [5.41, 5.74) is 3.61. The van der Waals surface area contributed by atoms with Gasteiger partial charge in [-0.2, -0.15) is 0 Å². The van der Waals surface area contributed by atoms with E-state index in [0.29, 0.717) is 37.4 Å². The molecule has 0 spiro atoms. The summed E-state index contributed by atoms with van der Waals surface area (Å²) in [6.07, 6.45) is 0. The fourth-order valence-corrected chi connectivity index (χ4v) is 3.71. The molecule has 0 amide bonds. The monoisotopic (exact) mass is 458 g/mol. The average molecular weight is 460 g/mol. The van der Waals surface area contributed by atoms with E-state index < -0.39 is 0 Å². The van der Waals surface area contributed by atoms with Gasteiger partial charge in [0.25, 0.3) is 0 Å². The number of aryl methyl sites for hydroxylation is 2. The van der Waals surface area contributed by atoms with Crippen LogP contribution in [0.4, 0.5) is 0 Å². The molecule has 0 saturated carbocycles. The van der Waals surface area contributed by atoms with E-state index in [1.54, 1.807) is 30.3 Å². The van der Waals surface area contributed by atoms with Crippen LogP contribution < -0.4 is 10.2 Å². The van der Waals surface area contributed by atoms with E-state index >= 15 is 0 Å². The highest BCUT2D eigenvalue weighted by Gasteiger charge is 2.20. The molecule has 0 fully saturated rings. The largest absolute Gasteiger partial charge is 0.481 e. The molecule has 0 aliphatic carbocycles. The van der Waals surface area contributed by atoms with Gasteiger partial charge in [-0.1, -0.05) is 53.0 Å². The van der Waals surface area contributed by atoms with Crippen LogP contribution in [0.3, 0.4) is 0 Å². The Kier molecular flexibility index (Phi) is 5.79. The first-order chi connectivity index (χ1) is 14.3. The van der Waals surface area contributed by atoms with E-state index in [0.717, 1.165) is 16.7 Å². The van der Waals surface area contributed by atoms with Gasteiger partial charge in [-0.05, 0) is 66.9 Å². The average Bonchev–Trinajstić information content (AvgIpc) is 2.72. The molecule has 1 aromatic heterocycles. The lowest BCUT2D eigenvalue weighted by Gasteiger charge is -2.14. The lowest BCUT2D eigenvalue weighted by atomic mass is 10.0. The fraction of sp³-hybridized carbons (Fsp3) is 0.125. The minimum absolute atomic E-state index is 0.102. The first-order valence-corrected chi connectivity index (χ1v) is 10.4. The zero-order valence-electron chi connectivity index (χ0n) is 16.3. The normalized spacial score (nSPS) is 11.1. The molecule has 0 aliphatic heterocycles. The van der Waals surface area contributed by atoms with Crippen molar-refractivity contribution in [2.75, 3.05) is 0 Å². The van der Waals surface area contributed by atoms with Crippen molar-refractivity contribution in [1.29, 1.82) is 0 Å². The molecule has 0 atom stereocenters. The Balaban J connectivity index is 1.89. The molecule has 30 heavy (non-hydrogen) atoms. The van der Waals surface area contributed by atoms with E-state index in [1.165, 1.54) is 0 Å². The van der Waals surface area contributed by atoms with Crippen LogP contribution in [0.5, 0.6) is 5.75 Å². The van der Waals surface area contributed by atoms with Crippen molar-refractivity contribution in [3.05, 3.63) is 96.6 Å². The topological polar surface area (TPSA) is 39.4 Å².